The lowest BCUT2D eigenvalue weighted by molar-refractivity contribution is -0.137. The summed E-state index contributed by atoms with van der Waals surface area (Å²) in [6.45, 7) is 2.03. The number of carboxylic acid groups (broad SMARTS) is 1. The van der Waals surface area contributed by atoms with E-state index in [2.05, 4.69) is 5.32 Å². The van der Waals surface area contributed by atoms with Gasteiger partial charge in [0.05, 0.1) is 12.7 Å². The zero-order valence-corrected chi connectivity index (χ0v) is 12.5. The number of ether oxygens (including phenoxy) is 1. The highest BCUT2D eigenvalue weighted by atomic mass is 16.5. The first kappa shape index (κ1) is 16.3. The highest BCUT2D eigenvalue weighted by Gasteiger charge is 2.24. The lowest BCUT2D eigenvalue weighted by Crippen LogP contribution is -2.50. The third-order valence-electron chi connectivity index (χ3n) is 3.58. The van der Waals surface area contributed by atoms with Crippen LogP contribution in [0.25, 0.3) is 0 Å². The minimum absolute atomic E-state index is 0.000851. The highest BCUT2D eigenvalue weighted by Crippen LogP contribution is 2.11. The molecule has 120 valence electrons. The van der Waals surface area contributed by atoms with Gasteiger partial charge in [-0.2, -0.15) is 0 Å². The molecule has 1 fully saturated rings. The Bertz CT molecular complexity index is 492. The van der Waals surface area contributed by atoms with Crippen molar-refractivity contribution < 1.29 is 19.4 Å². The van der Waals surface area contributed by atoms with Gasteiger partial charge in [0.2, 0.25) is 0 Å². The van der Waals surface area contributed by atoms with E-state index in [1.165, 1.54) is 5.56 Å². The molecule has 1 aliphatic heterocycles. The van der Waals surface area contributed by atoms with Gasteiger partial charge in [0.25, 0.3) is 0 Å². The second kappa shape index (κ2) is 8.38. The largest absolute Gasteiger partial charge is 0.481 e. The summed E-state index contributed by atoms with van der Waals surface area (Å²) >= 11 is 0. The van der Waals surface area contributed by atoms with Crippen LogP contribution in [0.5, 0.6) is 0 Å². The maximum atomic E-state index is 12.1. The Morgan fingerprint density at radius 1 is 1.32 bits per heavy atom. The molecular weight excluding hydrogens is 284 g/mol. The van der Waals surface area contributed by atoms with Crippen LogP contribution in [-0.4, -0.2) is 54.4 Å². The fourth-order valence-corrected chi connectivity index (χ4v) is 2.45. The SMILES string of the molecule is O=C(O)CCCNC(=O)N1CCOC(Cc2ccccc2)C1. The molecule has 0 spiro atoms. The smallest absolute Gasteiger partial charge is 0.317 e. The molecule has 1 aromatic carbocycles. The number of hydrogen-bond acceptors (Lipinski definition) is 3. The van der Waals surface area contributed by atoms with Crippen molar-refractivity contribution in [1.82, 2.24) is 10.2 Å². The summed E-state index contributed by atoms with van der Waals surface area (Å²) in [5, 5.41) is 11.3. The van der Waals surface area contributed by atoms with Crippen molar-refractivity contribution in [1.29, 1.82) is 0 Å². The standard InChI is InChI=1S/C16H22N2O4/c19-15(20)7-4-8-17-16(21)18-9-10-22-14(12-18)11-13-5-2-1-3-6-13/h1-3,5-6,14H,4,7-12H2,(H,17,21)(H,19,20). The van der Waals surface area contributed by atoms with E-state index >= 15 is 0 Å². The summed E-state index contributed by atoms with van der Waals surface area (Å²) in [6.07, 6.45) is 1.30. The van der Waals surface area contributed by atoms with Crippen molar-refractivity contribution in [3.8, 4) is 0 Å². The van der Waals surface area contributed by atoms with Crippen LogP contribution in [0.1, 0.15) is 18.4 Å². The van der Waals surface area contributed by atoms with Crippen LogP contribution in [0.15, 0.2) is 30.3 Å². The molecule has 0 radical (unpaired) electrons. The number of amides is 2. The Morgan fingerprint density at radius 3 is 2.82 bits per heavy atom. The third-order valence-corrected chi connectivity index (χ3v) is 3.58. The van der Waals surface area contributed by atoms with Crippen molar-refractivity contribution in [3.05, 3.63) is 35.9 Å². The minimum atomic E-state index is -0.844. The Morgan fingerprint density at radius 2 is 2.09 bits per heavy atom. The summed E-state index contributed by atoms with van der Waals surface area (Å²) < 4.78 is 5.72. The van der Waals surface area contributed by atoms with E-state index in [9.17, 15) is 9.59 Å². The lowest BCUT2D eigenvalue weighted by Gasteiger charge is -2.33. The van der Waals surface area contributed by atoms with Gasteiger partial charge >= 0.3 is 12.0 Å². The van der Waals surface area contributed by atoms with Crippen molar-refractivity contribution in [2.24, 2.45) is 0 Å². The van der Waals surface area contributed by atoms with Gasteiger partial charge in [-0.1, -0.05) is 30.3 Å². The first-order valence-corrected chi connectivity index (χ1v) is 7.55. The number of rotatable bonds is 6. The molecule has 1 aromatic rings. The zero-order chi connectivity index (χ0) is 15.8. The van der Waals surface area contributed by atoms with Gasteiger partial charge in [-0.05, 0) is 12.0 Å². The minimum Gasteiger partial charge on any atom is -0.481 e. The monoisotopic (exact) mass is 306 g/mol. The van der Waals surface area contributed by atoms with Crippen molar-refractivity contribution >= 4 is 12.0 Å². The van der Waals surface area contributed by atoms with E-state index in [0.717, 1.165) is 6.42 Å². The highest BCUT2D eigenvalue weighted by molar-refractivity contribution is 5.74. The second-order valence-electron chi connectivity index (χ2n) is 5.36. The maximum Gasteiger partial charge on any atom is 0.317 e. The summed E-state index contributed by atoms with van der Waals surface area (Å²) in [5.41, 5.74) is 1.19. The summed E-state index contributed by atoms with van der Waals surface area (Å²) in [6, 6.07) is 9.91. The summed E-state index contributed by atoms with van der Waals surface area (Å²) in [7, 11) is 0. The quantitative estimate of drug-likeness (QED) is 0.781. The predicted molar refractivity (Wildman–Crippen MR) is 81.7 cm³/mol. The molecule has 0 bridgehead atoms. The topological polar surface area (TPSA) is 78.9 Å². The van der Waals surface area contributed by atoms with Crippen molar-refractivity contribution in [3.63, 3.8) is 0 Å². The summed E-state index contributed by atoms with van der Waals surface area (Å²) in [5.74, 6) is -0.844. The molecule has 0 aliphatic carbocycles. The van der Waals surface area contributed by atoms with Crippen LogP contribution < -0.4 is 5.32 Å². The van der Waals surface area contributed by atoms with Gasteiger partial charge in [-0.25, -0.2) is 4.79 Å². The van der Waals surface area contributed by atoms with Gasteiger partial charge in [-0.15, -0.1) is 0 Å². The molecule has 6 heteroatoms. The number of nitrogens with zero attached hydrogens (tertiary/aromatic N) is 1. The maximum absolute atomic E-state index is 12.1. The molecule has 6 nitrogen and oxygen atoms in total. The average Bonchev–Trinajstić information content (AvgIpc) is 2.52. The van der Waals surface area contributed by atoms with Gasteiger partial charge < -0.3 is 20.1 Å². The molecular formula is C16H22N2O4. The second-order valence-corrected chi connectivity index (χ2v) is 5.36. The van der Waals surface area contributed by atoms with Crippen LogP contribution >= 0.6 is 0 Å². The number of nitrogens with one attached hydrogen (secondary N) is 1. The Labute approximate surface area is 130 Å². The van der Waals surface area contributed by atoms with Gasteiger partial charge in [-0.3, -0.25) is 4.79 Å². The Hall–Kier alpha value is -2.08. The molecule has 2 N–H and O–H groups in total. The first-order chi connectivity index (χ1) is 10.6. The molecule has 1 aliphatic rings. The molecule has 2 amide bonds. The van der Waals surface area contributed by atoms with Crippen molar-refractivity contribution in [2.45, 2.75) is 25.4 Å². The van der Waals surface area contributed by atoms with Gasteiger partial charge in [0, 0.05) is 32.5 Å². The average molecular weight is 306 g/mol. The molecule has 1 atom stereocenters. The lowest BCUT2D eigenvalue weighted by atomic mass is 10.1. The molecule has 1 heterocycles. The zero-order valence-electron chi connectivity index (χ0n) is 12.5. The van der Waals surface area contributed by atoms with Crippen LogP contribution in [0, 0.1) is 0 Å². The van der Waals surface area contributed by atoms with E-state index in [4.69, 9.17) is 9.84 Å². The number of urea groups is 1. The van der Waals surface area contributed by atoms with Crippen LogP contribution in [0.2, 0.25) is 0 Å². The van der Waals surface area contributed by atoms with Crippen LogP contribution in [0.3, 0.4) is 0 Å². The molecule has 22 heavy (non-hydrogen) atoms. The predicted octanol–water partition coefficient (Wildman–Crippen LogP) is 1.50. The van der Waals surface area contributed by atoms with E-state index in [1.807, 2.05) is 30.3 Å². The number of morpholine rings is 1. The molecule has 0 saturated carbocycles. The molecule has 2 rings (SSSR count). The number of benzene rings is 1. The van der Waals surface area contributed by atoms with E-state index < -0.39 is 5.97 Å². The number of hydrogen-bond donors (Lipinski definition) is 2. The number of carbonyl (C=O) groups is 2. The number of aliphatic carboxylic acids is 1. The van der Waals surface area contributed by atoms with Gasteiger partial charge in [0.1, 0.15) is 0 Å². The van der Waals surface area contributed by atoms with E-state index in [1.54, 1.807) is 4.90 Å². The van der Waals surface area contributed by atoms with E-state index in [0.29, 0.717) is 32.7 Å². The first-order valence-electron chi connectivity index (χ1n) is 7.55. The Kier molecular flexibility index (Phi) is 6.21. The van der Waals surface area contributed by atoms with Gasteiger partial charge in [0.15, 0.2) is 0 Å². The summed E-state index contributed by atoms with van der Waals surface area (Å²) in [4.78, 5) is 24.2. The van der Waals surface area contributed by atoms with Crippen LogP contribution in [0.4, 0.5) is 4.79 Å². The van der Waals surface area contributed by atoms with E-state index in [-0.39, 0.29) is 18.6 Å². The normalized spacial score (nSPS) is 18.0. The fourth-order valence-electron chi connectivity index (χ4n) is 2.45. The van der Waals surface area contributed by atoms with Crippen LogP contribution in [-0.2, 0) is 16.0 Å². The fraction of sp³-hybridized carbons (Fsp3) is 0.500. The molecule has 1 unspecified atom stereocenters. The Balaban J connectivity index is 1.75. The van der Waals surface area contributed by atoms with Crippen molar-refractivity contribution in [2.75, 3.05) is 26.2 Å². The number of carbonyl (C=O) groups excluding carboxylic acids is 1. The third kappa shape index (κ3) is 5.37. The molecule has 0 aromatic heterocycles. The molecule has 1 saturated heterocycles. The number of carboxylic acids is 1.